The van der Waals surface area contributed by atoms with Crippen molar-refractivity contribution in [2.75, 3.05) is 57.0 Å². The zero-order valence-electron chi connectivity index (χ0n) is 21.2. The number of nitrogens with one attached hydrogen (secondary N) is 1. The maximum absolute atomic E-state index is 12.9. The lowest BCUT2D eigenvalue weighted by atomic mass is 10.0. The SMILES string of the molecule is Cc1c(NC(=O)CN2CCN(Cc3ccccc3)C[C@@H](Cc3cc(N(C)C)ncn3)C2)cnn1C. The standard InChI is InChI=1S/C26H36N8O/c1-20-24(14-29-32(20)4)30-26(35)18-34-11-10-33(15-21-8-6-5-7-9-21)16-22(17-34)12-23-13-25(31(2)3)28-19-27-23/h5-9,13-14,19,22H,10-12,15-18H2,1-4H3,(H,30,35)/t22-/m1/s1. The molecular formula is C26H36N8O. The molecule has 1 aromatic carbocycles. The molecule has 1 aliphatic rings. The summed E-state index contributed by atoms with van der Waals surface area (Å²) in [5, 5.41) is 7.26. The highest BCUT2D eigenvalue weighted by atomic mass is 16.2. The van der Waals surface area contributed by atoms with Gasteiger partial charge < -0.3 is 10.2 Å². The third-order valence-corrected chi connectivity index (χ3v) is 6.56. The van der Waals surface area contributed by atoms with Gasteiger partial charge in [0.25, 0.3) is 0 Å². The second-order valence-electron chi connectivity index (χ2n) is 9.60. The van der Waals surface area contributed by atoms with Crippen LogP contribution in [0.15, 0.2) is 48.9 Å². The molecule has 1 fully saturated rings. The summed E-state index contributed by atoms with van der Waals surface area (Å²) in [4.78, 5) is 28.5. The van der Waals surface area contributed by atoms with Crippen LogP contribution in [0.3, 0.4) is 0 Å². The minimum Gasteiger partial charge on any atom is -0.363 e. The number of anilines is 2. The number of aryl methyl sites for hydroxylation is 1. The van der Waals surface area contributed by atoms with Gasteiger partial charge >= 0.3 is 0 Å². The van der Waals surface area contributed by atoms with Crippen LogP contribution < -0.4 is 10.2 Å². The van der Waals surface area contributed by atoms with Gasteiger partial charge in [-0.05, 0) is 24.8 Å². The Morgan fingerprint density at radius 2 is 1.86 bits per heavy atom. The fourth-order valence-electron chi connectivity index (χ4n) is 4.56. The van der Waals surface area contributed by atoms with Gasteiger partial charge in [-0.3, -0.25) is 19.3 Å². The quantitative estimate of drug-likeness (QED) is 0.534. The van der Waals surface area contributed by atoms with E-state index in [1.807, 2.05) is 33.0 Å². The Bertz CT molecular complexity index is 1110. The lowest BCUT2D eigenvalue weighted by Crippen LogP contribution is -2.37. The van der Waals surface area contributed by atoms with Crippen LogP contribution in [-0.4, -0.2) is 82.3 Å². The van der Waals surface area contributed by atoms with Crippen molar-refractivity contribution < 1.29 is 4.79 Å². The molecule has 0 unspecified atom stereocenters. The number of hydrogen-bond donors (Lipinski definition) is 1. The number of amides is 1. The van der Waals surface area contributed by atoms with Crippen LogP contribution in [0.25, 0.3) is 0 Å². The van der Waals surface area contributed by atoms with Crippen molar-refractivity contribution in [3.05, 3.63) is 65.9 Å². The van der Waals surface area contributed by atoms with Crippen molar-refractivity contribution in [1.82, 2.24) is 29.5 Å². The average Bonchev–Trinajstić information content (AvgIpc) is 3.03. The predicted octanol–water partition coefficient (Wildman–Crippen LogP) is 2.20. The first-order valence-electron chi connectivity index (χ1n) is 12.1. The van der Waals surface area contributed by atoms with Gasteiger partial charge in [-0.2, -0.15) is 5.10 Å². The van der Waals surface area contributed by atoms with Crippen LogP contribution in [0.2, 0.25) is 0 Å². The third-order valence-electron chi connectivity index (χ3n) is 6.56. The van der Waals surface area contributed by atoms with E-state index in [1.165, 1.54) is 5.56 Å². The molecule has 1 aliphatic heterocycles. The molecule has 0 saturated carbocycles. The molecule has 186 valence electrons. The Hall–Kier alpha value is -3.30. The predicted molar refractivity (Wildman–Crippen MR) is 138 cm³/mol. The largest absolute Gasteiger partial charge is 0.363 e. The third kappa shape index (κ3) is 6.86. The molecule has 35 heavy (non-hydrogen) atoms. The molecule has 0 radical (unpaired) electrons. The molecule has 9 heteroatoms. The van der Waals surface area contributed by atoms with Crippen LogP contribution in [0.4, 0.5) is 11.5 Å². The summed E-state index contributed by atoms with van der Waals surface area (Å²) < 4.78 is 1.77. The van der Waals surface area contributed by atoms with Gasteiger partial charge in [0.1, 0.15) is 12.1 Å². The second-order valence-corrected chi connectivity index (χ2v) is 9.60. The highest BCUT2D eigenvalue weighted by Crippen LogP contribution is 2.19. The van der Waals surface area contributed by atoms with E-state index in [1.54, 1.807) is 17.2 Å². The van der Waals surface area contributed by atoms with Gasteiger partial charge in [0.15, 0.2) is 0 Å². The van der Waals surface area contributed by atoms with E-state index in [0.717, 1.165) is 62.0 Å². The van der Waals surface area contributed by atoms with Gasteiger partial charge in [0, 0.05) is 65.6 Å². The Balaban J connectivity index is 1.46. The Kier molecular flexibility index (Phi) is 8.09. The summed E-state index contributed by atoms with van der Waals surface area (Å²) in [6, 6.07) is 12.6. The smallest absolute Gasteiger partial charge is 0.238 e. The Labute approximate surface area is 207 Å². The first kappa shape index (κ1) is 24.8. The summed E-state index contributed by atoms with van der Waals surface area (Å²) in [5.74, 6) is 1.25. The van der Waals surface area contributed by atoms with E-state index in [2.05, 4.69) is 66.6 Å². The van der Waals surface area contributed by atoms with Crippen LogP contribution in [0, 0.1) is 12.8 Å². The molecule has 0 bridgehead atoms. The monoisotopic (exact) mass is 476 g/mol. The number of hydrogen-bond acceptors (Lipinski definition) is 7. The van der Waals surface area contributed by atoms with Gasteiger partial charge in [0.05, 0.1) is 24.1 Å². The number of aromatic nitrogens is 4. The number of rotatable bonds is 8. The molecule has 3 heterocycles. The lowest BCUT2D eigenvalue weighted by Gasteiger charge is -2.24. The number of carbonyl (C=O) groups excluding carboxylic acids is 1. The van der Waals surface area contributed by atoms with E-state index in [-0.39, 0.29) is 5.91 Å². The van der Waals surface area contributed by atoms with E-state index in [9.17, 15) is 4.79 Å². The number of carbonyl (C=O) groups is 1. The first-order chi connectivity index (χ1) is 16.9. The van der Waals surface area contributed by atoms with E-state index in [4.69, 9.17) is 0 Å². The maximum atomic E-state index is 12.9. The first-order valence-corrected chi connectivity index (χ1v) is 12.1. The Morgan fingerprint density at radius 3 is 2.57 bits per heavy atom. The fraction of sp³-hybridized carbons (Fsp3) is 0.462. The second kappa shape index (κ2) is 11.4. The van der Waals surface area contributed by atoms with Crippen molar-refractivity contribution in [2.24, 2.45) is 13.0 Å². The van der Waals surface area contributed by atoms with Crippen molar-refractivity contribution in [1.29, 1.82) is 0 Å². The van der Waals surface area contributed by atoms with E-state index < -0.39 is 0 Å². The molecular weight excluding hydrogens is 440 g/mol. The van der Waals surface area contributed by atoms with E-state index >= 15 is 0 Å². The van der Waals surface area contributed by atoms with Crippen molar-refractivity contribution in [3.8, 4) is 0 Å². The zero-order valence-corrected chi connectivity index (χ0v) is 21.2. The summed E-state index contributed by atoms with van der Waals surface area (Å²) >= 11 is 0. The van der Waals surface area contributed by atoms with Gasteiger partial charge in [-0.15, -0.1) is 0 Å². The number of benzene rings is 1. The fourth-order valence-corrected chi connectivity index (χ4v) is 4.56. The summed E-state index contributed by atoms with van der Waals surface area (Å²) in [6.45, 7) is 6.76. The summed E-state index contributed by atoms with van der Waals surface area (Å²) in [6.07, 6.45) is 4.19. The van der Waals surface area contributed by atoms with Crippen molar-refractivity contribution >= 4 is 17.4 Å². The minimum absolute atomic E-state index is 0.00621. The topological polar surface area (TPSA) is 82.4 Å². The molecule has 0 spiro atoms. The minimum atomic E-state index is -0.00621. The Morgan fingerprint density at radius 1 is 1.11 bits per heavy atom. The van der Waals surface area contributed by atoms with Crippen molar-refractivity contribution in [3.63, 3.8) is 0 Å². The molecule has 0 aliphatic carbocycles. The molecule has 2 aromatic heterocycles. The maximum Gasteiger partial charge on any atom is 0.238 e. The summed E-state index contributed by atoms with van der Waals surface area (Å²) in [5.41, 5.74) is 4.06. The molecule has 1 N–H and O–H groups in total. The molecule has 1 saturated heterocycles. The normalized spacial score (nSPS) is 17.2. The van der Waals surface area contributed by atoms with Gasteiger partial charge in [-0.25, -0.2) is 9.97 Å². The molecule has 1 atom stereocenters. The van der Waals surface area contributed by atoms with Crippen LogP contribution >= 0.6 is 0 Å². The molecule has 9 nitrogen and oxygen atoms in total. The summed E-state index contributed by atoms with van der Waals surface area (Å²) in [7, 11) is 5.86. The molecule has 4 rings (SSSR count). The van der Waals surface area contributed by atoms with Gasteiger partial charge in [0.2, 0.25) is 5.91 Å². The average molecular weight is 477 g/mol. The van der Waals surface area contributed by atoms with E-state index in [0.29, 0.717) is 12.5 Å². The highest BCUT2D eigenvalue weighted by molar-refractivity contribution is 5.92. The highest BCUT2D eigenvalue weighted by Gasteiger charge is 2.25. The molecule has 3 aromatic rings. The van der Waals surface area contributed by atoms with Crippen LogP contribution in [0.1, 0.15) is 17.0 Å². The zero-order chi connectivity index (χ0) is 24.8. The lowest BCUT2D eigenvalue weighted by molar-refractivity contribution is -0.117. The van der Waals surface area contributed by atoms with Crippen molar-refractivity contribution in [2.45, 2.75) is 19.9 Å². The van der Waals surface area contributed by atoms with Gasteiger partial charge in [-0.1, -0.05) is 30.3 Å². The molecule has 1 amide bonds. The number of nitrogens with zero attached hydrogens (tertiary/aromatic N) is 7. The van der Waals surface area contributed by atoms with Crippen LogP contribution in [0.5, 0.6) is 0 Å². The van der Waals surface area contributed by atoms with Crippen LogP contribution in [-0.2, 0) is 24.8 Å².